The molecule has 0 aliphatic heterocycles. The van der Waals surface area contributed by atoms with Crippen LogP contribution in [0.1, 0.15) is 0 Å². The molecule has 0 radical (unpaired) electrons. The van der Waals surface area contributed by atoms with Gasteiger partial charge in [0, 0.05) is 21.3 Å². The fourth-order valence-corrected chi connectivity index (χ4v) is 58.0. The van der Waals surface area contributed by atoms with Crippen molar-refractivity contribution in [3.05, 3.63) is 243 Å². The van der Waals surface area contributed by atoms with Crippen molar-refractivity contribution in [1.29, 1.82) is 0 Å². The van der Waals surface area contributed by atoms with Gasteiger partial charge in [0.05, 0.1) is 0 Å². The summed E-state index contributed by atoms with van der Waals surface area (Å²) in [4.78, 5) is 0. The van der Waals surface area contributed by atoms with Gasteiger partial charge in [0.25, 0.3) is 0 Å². The van der Waals surface area contributed by atoms with E-state index in [9.17, 15) is 0 Å². The predicted molar refractivity (Wildman–Crippen MR) is 361 cm³/mol. The van der Waals surface area contributed by atoms with E-state index in [1.165, 1.54) is 21.3 Å². The maximum absolute atomic E-state index is 8.21. The van der Waals surface area contributed by atoms with E-state index in [0.29, 0.717) is 0 Å². The molecule has 0 aliphatic carbocycles. The van der Waals surface area contributed by atoms with E-state index >= 15 is 0 Å². The average Bonchev–Trinajstić information content (AvgIpc) is 2.65. The predicted octanol–water partition coefficient (Wildman–Crippen LogP) is 9.18. The molecule has 0 saturated heterocycles. The molecular formula is C62H82O12Si10. The second-order valence-corrected chi connectivity index (χ2v) is 56.2. The van der Waals surface area contributed by atoms with E-state index in [1.807, 2.05) is 152 Å². The van der Waals surface area contributed by atoms with Gasteiger partial charge in [0.15, 0.2) is 8.32 Å². The highest BCUT2D eigenvalue weighted by atomic mass is 28.5. The lowest BCUT2D eigenvalue weighted by atomic mass is 10.4. The first-order chi connectivity index (χ1) is 39.9. The van der Waals surface area contributed by atoms with Crippen LogP contribution in [0.2, 0.25) is 72.0 Å². The molecule has 8 aromatic carbocycles. The summed E-state index contributed by atoms with van der Waals surface area (Å²) in [5.74, 6) is 0. The van der Waals surface area contributed by atoms with Crippen LogP contribution in [-0.2, 0) is 50.3 Å². The molecule has 8 rings (SSSR count). The number of hydrogen-bond acceptors (Lipinski definition) is 12. The minimum Gasteiger partial charge on any atom is -0.433 e. The summed E-state index contributed by atoms with van der Waals surface area (Å²) in [6.07, 6.45) is 0. The van der Waals surface area contributed by atoms with Gasteiger partial charge in [-0.25, -0.2) is 0 Å². The van der Waals surface area contributed by atoms with Crippen LogP contribution in [0.4, 0.5) is 0 Å². The van der Waals surface area contributed by atoms with Crippen LogP contribution in [0.5, 0.6) is 0 Å². The molecule has 0 amide bonds. The molecular weight excluding hydrogens is 1220 g/mol. The molecule has 12 nitrogen and oxygen atoms in total. The maximum Gasteiger partial charge on any atom is 0.670 e. The molecule has 0 N–H and O–H groups in total. The van der Waals surface area contributed by atoms with Crippen molar-refractivity contribution in [1.82, 2.24) is 0 Å². The molecule has 8 atom stereocenters. The second-order valence-electron chi connectivity index (χ2n) is 22.6. The van der Waals surface area contributed by atoms with E-state index < -0.39 is 85.9 Å². The fraction of sp³-hybridized carbons (Fsp3) is 0.226. The minimum absolute atomic E-state index is 0.837. The Labute approximate surface area is 510 Å². The van der Waals surface area contributed by atoms with Gasteiger partial charge < -0.3 is 50.3 Å². The first kappa shape index (κ1) is 65.4. The SMILES string of the molecule is CO[Si](OC)(OC)O[Si](C)(O[Si](C)(O[Si](C)(O[Si](C)(O[Si](C)(O[Si](C)(O[Si](C)(O[Si](C)(O[Si](C)(C)C)c1ccccc1)c1ccccc1)c1ccccc1)c1ccccc1)c1ccccc1)c1ccccc1)c1ccccc1)c1ccccc1. The molecule has 8 aromatic rings. The third kappa shape index (κ3) is 15.6. The first-order valence-corrected chi connectivity index (χ1v) is 51.9. The molecule has 22 heteroatoms. The quantitative estimate of drug-likeness (QED) is 0.0417. The van der Waals surface area contributed by atoms with E-state index in [1.54, 1.807) is 0 Å². The molecule has 0 bridgehead atoms. The van der Waals surface area contributed by atoms with Crippen molar-refractivity contribution in [2.45, 2.75) is 72.0 Å². The topological polar surface area (TPSA) is 111 Å². The standard InChI is InChI=1S/C62H82O12Si10/c1-63-84(64-2,65-3)74-83(14,62-53-37-22-38-54-62)73-82(13,61-51-35-21-36-52-61)72-81(12,60-49-33-20-34-50-60)71-80(11,59-47-31-19-32-48-59)70-79(10,58-45-29-18-30-46-58)69-78(9,57-43-27-17-28-44-57)68-77(8,56-41-25-16-26-42-56)67-76(7,66-75(4,5)6)55-39-23-15-24-40-55/h15-54H,1-14H3. The number of benzene rings is 8. The highest BCUT2D eigenvalue weighted by Gasteiger charge is 2.61. The summed E-state index contributed by atoms with van der Waals surface area (Å²) < 4.78 is 88.5. The fourth-order valence-electron chi connectivity index (χ4n) is 10.8. The Hall–Kier alpha value is -4.55. The Morgan fingerprint density at radius 2 is 0.310 bits per heavy atom. The molecule has 0 saturated carbocycles. The van der Waals surface area contributed by atoms with Crippen LogP contribution in [0.25, 0.3) is 0 Å². The van der Waals surface area contributed by atoms with E-state index in [0.717, 1.165) is 41.5 Å². The van der Waals surface area contributed by atoms with Crippen molar-refractivity contribution in [3.8, 4) is 0 Å². The summed E-state index contributed by atoms with van der Waals surface area (Å²) in [5, 5.41) is 7.28. The van der Waals surface area contributed by atoms with Crippen LogP contribution in [-0.4, -0.2) is 107 Å². The molecule has 0 aromatic heterocycles. The Morgan fingerprint density at radius 1 is 0.179 bits per heavy atom. The Kier molecular flexibility index (Phi) is 21.2. The Balaban J connectivity index is 1.31. The zero-order valence-electron chi connectivity index (χ0n) is 51.0. The van der Waals surface area contributed by atoms with Crippen LogP contribution in [0.15, 0.2) is 243 Å². The van der Waals surface area contributed by atoms with Gasteiger partial charge in [-0.3, -0.25) is 0 Å². The molecule has 8 unspecified atom stereocenters. The van der Waals surface area contributed by atoms with Gasteiger partial charge >= 0.3 is 77.5 Å². The normalized spacial score (nSPS) is 18.0. The average molecular weight is 1300 g/mol. The van der Waals surface area contributed by atoms with Gasteiger partial charge in [-0.15, -0.1) is 0 Å². The Bertz CT molecular complexity index is 3300. The third-order valence-electron chi connectivity index (χ3n) is 14.7. The lowest BCUT2D eigenvalue weighted by molar-refractivity contribution is 0.0415. The highest BCUT2D eigenvalue weighted by molar-refractivity contribution is 7.05. The third-order valence-corrected chi connectivity index (χ3v) is 55.6. The van der Waals surface area contributed by atoms with Crippen LogP contribution < -0.4 is 41.5 Å². The van der Waals surface area contributed by atoms with Crippen LogP contribution in [0, 0.1) is 0 Å². The van der Waals surface area contributed by atoms with Gasteiger partial charge in [-0.05, 0) is 114 Å². The van der Waals surface area contributed by atoms with Crippen LogP contribution in [0.3, 0.4) is 0 Å². The van der Waals surface area contributed by atoms with Crippen molar-refractivity contribution in [2.75, 3.05) is 21.3 Å². The summed E-state index contributed by atoms with van der Waals surface area (Å²) >= 11 is 0. The first-order valence-electron chi connectivity index (χ1n) is 28.3. The molecule has 442 valence electrons. The van der Waals surface area contributed by atoms with E-state index in [-0.39, 0.29) is 0 Å². The van der Waals surface area contributed by atoms with Gasteiger partial charge in [0.1, 0.15) is 0 Å². The Morgan fingerprint density at radius 3 is 0.440 bits per heavy atom. The summed E-state index contributed by atoms with van der Waals surface area (Å²) in [5.41, 5.74) is 0. The molecule has 0 spiro atoms. The largest absolute Gasteiger partial charge is 0.670 e. The highest BCUT2D eigenvalue weighted by Crippen LogP contribution is 2.33. The smallest absolute Gasteiger partial charge is 0.433 e. The minimum atomic E-state index is -3.87. The lowest BCUT2D eigenvalue weighted by Gasteiger charge is -2.48. The zero-order chi connectivity index (χ0) is 60.4. The maximum atomic E-state index is 8.21. The molecule has 0 aliphatic rings. The van der Waals surface area contributed by atoms with Crippen molar-refractivity contribution in [3.63, 3.8) is 0 Å². The van der Waals surface area contributed by atoms with E-state index in [4.69, 9.17) is 50.3 Å². The number of rotatable bonds is 29. The van der Waals surface area contributed by atoms with Crippen LogP contribution >= 0.6 is 0 Å². The monoisotopic (exact) mass is 1300 g/mol. The van der Waals surface area contributed by atoms with E-state index in [2.05, 4.69) is 163 Å². The van der Waals surface area contributed by atoms with Crippen molar-refractivity contribution in [2.24, 2.45) is 0 Å². The number of hydrogen-bond donors (Lipinski definition) is 0. The summed E-state index contributed by atoms with van der Waals surface area (Å²) in [6.45, 7) is 23.5. The molecule has 0 heterocycles. The van der Waals surface area contributed by atoms with Crippen molar-refractivity contribution < 1.29 is 50.3 Å². The van der Waals surface area contributed by atoms with Gasteiger partial charge in [0.2, 0.25) is 0 Å². The molecule has 84 heavy (non-hydrogen) atoms. The molecule has 0 fully saturated rings. The zero-order valence-corrected chi connectivity index (χ0v) is 61.0. The second kappa shape index (κ2) is 27.2. The summed E-state index contributed by atoms with van der Waals surface area (Å²) in [7, 11) is -31.0. The van der Waals surface area contributed by atoms with Crippen molar-refractivity contribution >= 4 is 127 Å². The van der Waals surface area contributed by atoms with Gasteiger partial charge in [-0.2, -0.15) is 0 Å². The summed E-state index contributed by atoms with van der Waals surface area (Å²) in [6, 6.07) is 81.9. The lowest BCUT2D eigenvalue weighted by Crippen LogP contribution is -2.76. The van der Waals surface area contributed by atoms with Gasteiger partial charge in [-0.1, -0.05) is 243 Å².